The zero-order valence-electron chi connectivity index (χ0n) is 11.8. The smallest absolute Gasteiger partial charge is 0.0870 e. The van der Waals surface area contributed by atoms with Gasteiger partial charge in [-0.1, -0.05) is 72.8 Å². The molecule has 0 aliphatic carbocycles. The third-order valence-electron chi connectivity index (χ3n) is 4.00. The van der Waals surface area contributed by atoms with E-state index >= 15 is 0 Å². The SMILES string of the molecule is NC[C@@H](c1cccc2ccccc12)[C@@H](O)c1ccccc1. The molecule has 0 radical (unpaired) electrons. The van der Waals surface area contributed by atoms with E-state index in [1.807, 2.05) is 48.5 Å². The van der Waals surface area contributed by atoms with Gasteiger partial charge in [0, 0.05) is 12.5 Å². The van der Waals surface area contributed by atoms with Crippen molar-refractivity contribution in [3.05, 3.63) is 83.9 Å². The van der Waals surface area contributed by atoms with Crippen molar-refractivity contribution >= 4 is 10.8 Å². The summed E-state index contributed by atoms with van der Waals surface area (Å²) in [6.45, 7) is 0.407. The molecule has 0 saturated carbocycles. The number of aliphatic hydroxyl groups excluding tert-OH is 1. The van der Waals surface area contributed by atoms with Crippen LogP contribution in [0.3, 0.4) is 0 Å². The van der Waals surface area contributed by atoms with Crippen molar-refractivity contribution in [3.8, 4) is 0 Å². The zero-order valence-corrected chi connectivity index (χ0v) is 11.8. The Morgan fingerprint density at radius 2 is 1.48 bits per heavy atom. The Kier molecular flexibility index (Phi) is 4.00. The first-order valence-corrected chi connectivity index (χ1v) is 7.22. The van der Waals surface area contributed by atoms with Crippen LogP contribution in [0.5, 0.6) is 0 Å². The lowest BCUT2D eigenvalue weighted by molar-refractivity contribution is 0.148. The summed E-state index contributed by atoms with van der Waals surface area (Å²) in [7, 11) is 0. The highest BCUT2D eigenvalue weighted by molar-refractivity contribution is 5.86. The van der Waals surface area contributed by atoms with Gasteiger partial charge in [-0.2, -0.15) is 0 Å². The first-order valence-electron chi connectivity index (χ1n) is 7.22. The Labute approximate surface area is 124 Å². The molecule has 0 fully saturated rings. The molecule has 0 aliphatic rings. The number of hydrogen-bond donors (Lipinski definition) is 2. The van der Waals surface area contributed by atoms with Crippen LogP contribution in [-0.2, 0) is 0 Å². The van der Waals surface area contributed by atoms with E-state index in [4.69, 9.17) is 5.73 Å². The van der Waals surface area contributed by atoms with Gasteiger partial charge >= 0.3 is 0 Å². The van der Waals surface area contributed by atoms with Gasteiger partial charge in [-0.3, -0.25) is 0 Å². The van der Waals surface area contributed by atoms with Crippen molar-refractivity contribution in [3.63, 3.8) is 0 Å². The van der Waals surface area contributed by atoms with Crippen LogP contribution in [0.15, 0.2) is 72.8 Å². The summed E-state index contributed by atoms with van der Waals surface area (Å²) in [6, 6.07) is 24.1. The molecule has 0 saturated heterocycles. The summed E-state index contributed by atoms with van der Waals surface area (Å²) in [4.78, 5) is 0. The van der Waals surface area contributed by atoms with Crippen LogP contribution in [0.4, 0.5) is 0 Å². The molecular weight excluding hydrogens is 258 g/mol. The number of hydrogen-bond acceptors (Lipinski definition) is 2. The van der Waals surface area contributed by atoms with Crippen molar-refractivity contribution in [2.75, 3.05) is 6.54 Å². The third kappa shape index (κ3) is 2.68. The summed E-state index contributed by atoms with van der Waals surface area (Å²) < 4.78 is 0. The van der Waals surface area contributed by atoms with Crippen molar-refractivity contribution in [1.82, 2.24) is 0 Å². The molecule has 3 rings (SSSR count). The Bertz CT molecular complexity index is 718. The molecule has 0 heterocycles. The molecule has 0 unspecified atom stereocenters. The average Bonchev–Trinajstić information content (AvgIpc) is 2.56. The number of nitrogens with two attached hydrogens (primary N) is 1. The fourth-order valence-corrected chi connectivity index (χ4v) is 2.88. The highest BCUT2D eigenvalue weighted by atomic mass is 16.3. The van der Waals surface area contributed by atoms with E-state index < -0.39 is 6.10 Å². The van der Waals surface area contributed by atoms with Gasteiger partial charge in [0.15, 0.2) is 0 Å². The van der Waals surface area contributed by atoms with Gasteiger partial charge in [-0.15, -0.1) is 0 Å². The van der Waals surface area contributed by atoms with Crippen LogP contribution in [0.2, 0.25) is 0 Å². The predicted molar refractivity (Wildman–Crippen MR) is 87.1 cm³/mol. The number of rotatable bonds is 4. The summed E-state index contributed by atoms with van der Waals surface area (Å²) in [6.07, 6.45) is -0.595. The van der Waals surface area contributed by atoms with E-state index in [2.05, 4.69) is 24.3 Å². The normalized spacial score (nSPS) is 14.0. The van der Waals surface area contributed by atoms with E-state index in [1.165, 1.54) is 5.39 Å². The minimum absolute atomic E-state index is 0.113. The molecule has 0 amide bonds. The largest absolute Gasteiger partial charge is 0.388 e. The molecule has 0 aliphatic heterocycles. The molecule has 0 spiro atoms. The second kappa shape index (κ2) is 6.08. The van der Waals surface area contributed by atoms with Crippen LogP contribution in [0.25, 0.3) is 10.8 Å². The van der Waals surface area contributed by atoms with Gasteiger partial charge in [-0.05, 0) is 21.9 Å². The third-order valence-corrected chi connectivity index (χ3v) is 4.00. The minimum Gasteiger partial charge on any atom is -0.388 e. The van der Waals surface area contributed by atoms with Gasteiger partial charge < -0.3 is 10.8 Å². The summed E-state index contributed by atoms with van der Waals surface area (Å²) in [5.74, 6) is -0.113. The topological polar surface area (TPSA) is 46.2 Å². The Hall–Kier alpha value is -2.16. The highest BCUT2D eigenvalue weighted by Crippen LogP contribution is 2.34. The standard InChI is InChI=1S/C19H19NO/c20-13-18(19(21)15-8-2-1-3-9-15)17-12-6-10-14-7-4-5-11-16(14)17/h1-12,18-19,21H,13,20H2/t18-,19-/m0/s1. The molecule has 0 aromatic heterocycles. The quantitative estimate of drug-likeness (QED) is 0.765. The van der Waals surface area contributed by atoms with Crippen LogP contribution >= 0.6 is 0 Å². The molecule has 2 heteroatoms. The molecule has 3 N–H and O–H groups in total. The Morgan fingerprint density at radius 3 is 2.24 bits per heavy atom. The number of benzene rings is 3. The lowest BCUT2D eigenvalue weighted by Crippen LogP contribution is -2.20. The summed E-state index contributed by atoms with van der Waals surface area (Å²) >= 11 is 0. The fourth-order valence-electron chi connectivity index (χ4n) is 2.88. The molecule has 0 bridgehead atoms. The van der Waals surface area contributed by atoms with Crippen molar-refractivity contribution in [1.29, 1.82) is 0 Å². The maximum atomic E-state index is 10.7. The van der Waals surface area contributed by atoms with Gasteiger partial charge in [0.05, 0.1) is 6.10 Å². The van der Waals surface area contributed by atoms with E-state index in [9.17, 15) is 5.11 Å². The monoisotopic (exact) mass is 277 g/mol. The Morgan fingerprint density at radius 1 is 0.810 bits per heavy atom. The van der Waals surface area contributed by atoms with E-state index in [1.54, 1.807) is 0 Å². The average molecular weight is 277 g/mol. The van der Waals surface area contributed by atoms with Gasteiger partial charge in [-0.25, -0.2) is 0 Å². The van der Waals surface area contributed by atoms with Crippen molar-refractivity contribution < 1.29 is 5.11 Å². The molecule has 2 nitrogen and oxygen atoms in total. The molecule has 2 atom stereocenters. The lowest BCUT2D eigenvalue weighted by atomic mass is 9.86. The first kappa shape index (κ1) is 13.8. The van der Waals surface area contributed by atoms with Crippen molar-refractivity contribution in [2.24, 2.45) is 5.73 Å². The van der Waals surface area contributed by atoms with Crippen LogP contribution < -0.4 is 5.73 Å². The van der Waals surface area contributed by atoms with Crippen LogP contribution in [-0.4, -0.2) is 11.7 Å². The second-order valence-corrected chi connectivity index (χ2v) is 5.27. The zero-order chi connectivity index (χ0) is 14.7. The predicted octanol–water partition coefficient (Wildman–Crippen LogP) is 3.62. The maximum absolute atomic E-state index is 10.7. The Balaban J connectivity index is 2.06. The van der Waals surface area contributed by atoms with Crippen LogP contribution in [0.1, 0.15) is 23.1 Å². The highest BCUT2D eigenvalue weighted by Gasteiger charge is 2.22. The van der Waals surface area contributed by atoms with E-state index in [0.29, 0.717) is 6.54 Å². The maximum Gasteiger partial charge on any atom is 0.0870 e. The van der Waals surface area contributed by atoms with Crippen molar-refractivity contribution in [2.45, 2.75) is 12.0 Å². The second-order valence-electron chi connectivity index (χ2n) is 5.27. The first-order chi connectivity index (χ1) is 10.3. The van der Waals surface area contributed by atoms with E-state index in [-0.39, 0.29) is 5.92 Å². The van der Waals surface area contributed by atoms with Gasteiger partial charge in [0.2, 0.25) is 0 Å². The van der Waals surface area contributed by atoms with E-state index in [0.717, 1.165) is 16.5 Å². The molecule has 106 valence electrons. The fraction of sp³-hybridized carbons (Fsp3) is 0.158. The van der Waals surface area contributed by atoms with Crippen LogP contribution in [0, 0.1) is 0 Å². The molecule has 3 aromatic carbocycles. The molecule has 21 heavy (non-hydrogen) atoms. The molecular formula is C19H19NO. The summed E-state index contributed by atoms with van der Waals surface area (Å²) in [5, 5.41) is 13.0. The van der Waals surface area contributed by atoms with Gasteiger partial charge in [0.1, 0.15) is 0 Å². The number of aliphatic hydroxyl groups is 1. The summed E-state index contributed by atoms with van der Waals surface area (Å²) in [5.41, 5.74) is 7.98. The van der Waals surface area contributed by atoms with Gasteiger partial charge in [0.25, 0.3) is 0 Å². The molecule has 3 aromatic rings. The lowest BCUT2D eigenvalue weighted by Gasteiger charge is -2.23. The number of fused-ring (bicyclic) bond motifs is 1. The minimum atomic E-state index is -0.595.